The molecule has 1 aliphatic heterocycles. The number of nitrogens with one attached hydrogen (secondary N) is 1. The van der Waals surface area contributed by atoms with Crippen LogP contribution in [0.4, 0.5) is 15.8 Å². The Morgan fingerprint density at radius 2 is 1.88 bits per heavy atom. The van der Waals surface area contributed by atoms with Gasteiger partial charge in [0, 0.05) is 39.2 Å². The third-order valence-corrected chi connectivity index (χ3v) is 5.64. The van der Waals surface area contributed by atoms with Crippen LogP contribution in [-0.2, 0) is 7.05 Å². The molecule has 1 N–H and O–H groups in total. The first kappa shape index (κ1) is 22.1. The number of benzene rings is 2. The summed E-state index contributed by atoms with van der Waals surface area (Å²) in [6.07, 6.45) is 3.06. The van der Waals surface area contributed by atoms with Crippen LogP contribution in [0.25, 0.3) is 0 Å². The Balaban J connectivity index is 1.50. The summed E-state index contributed by atoms with van der Waals surface area (Å²) >= 11 is 0. The highest BCUT2D eigenvalue weighted by Gasteiger charge is 2.24. The van der Waals surface area contributed by atoms with Crippen LogP contribution in [0.1, 0.15) is 28.8 Å². The Kier molecular flexibility index (Phi) is 6.41. The minimum atomic E-state index is -0.526. The van der Waals surface area contributed by atoms with Gasteiger partial charge in [-0.15, -0.1) is 0 Å². The molecular weight excluding hydrogens is 423 g/mol. The lowest BCUT2D eigenvalue weighted by molar-refractivity contribution is 0.102. The Morgan fingerprint density at radius 3 is 2.58 bits per heavy atom. The van der Waals surface area contributed by atoms with Gasteiger partial charge in [0.05, 0.1) is 23.0 Å². The molecule has 0 radical (unpaired) electrons. The van der Waals surface area contributed by atoms with Crippen LogP contribution < -0.4 is 20.5 Å². The Morgan fingerprint density at radius 1 is 1.15 bits per heavy atom. The first-order valence-electron chi connectivity index (χ1n) is 10.6. The number of nitriles is 1. The number of carbonyl (C=O) groups excluding carboxylic acids is 1. The predicted molar refractivity (Wildman–Crippen MR) is 123 cm³/mol. The topological polar surface area (TPSA) is 87.4 Å². The summed E-state index contributed by atoms with van der Waals surface area (Å²) in [5.74, 6) is -0.200. The monoisotopic (exact) mass is 446 g/mol. The van der Waals surface area contributed by atoms with E-state index in [1.54, 1.807) is 49.6 Å². The molecule has 0 spiro atoms. The summed E-state index contributed by atoms with van der Waals surface area (Å²) in [7, 11) is 1.58. The number of anilines is 2. The molecule has 1 aliphatic rings. The van der Waals surface area contributed by atoms with Gasteiger partial charge in [0.25, 0.3) is 11.5 Å². The first-order valence-corrected chi connectivity index (χ1v) is 10.6. The van der Waals surface area contributed by atoms with Crippen LogP contribution in [0.3, 0.4) is 0 Å². The van der Waals surface area contributed by atoms with Gasteiger partial charge in [0.15, 0.2) is 0 Å². The minimum Gasteiger partial charge on any atom is -0.490 e. The SMILES string of the molecule is Cn1cccc(C(=O)Nc2cc(C#N)ccc2N2CCC(Oc3ccc(F)cc3)CC2)c1=O. The van der Waals surface area contributed by atoms with Crippen molar-refractivity contribution in [2.24, 2.45) is 7.05 Å². The maximum atomic E-state index is 13.1. The number of amides is 1. The van der Waals surface area contributed by atoms with E-state index in [9.17, 15) is 19.2 Å². The number of piperidine rings is 1. The van der Waals surface area contributed by atoms with Gasteiger partial charge in [-0.3, -0.25) is 9.59 Å². The van der Waals surface area contributed by atoms with Gasteiger partial charge in [-0.05, 0) is 54.6 Å². The second-order valence-corrected chi connectivity index (χ2v) is 7.89. The molecule has 0 aliphatic carbocycles. The Hall–Kier alpha value is -4.12. The molecule has 0 atom stereocenters. The standard InChI is InChI=1S/C25H23FN4O3/c1-29-12-2-3-21(25(29)32)24(31)28-22-15-17(16-27)4-9-23(22)30-13-10-20(11-14-30)33-19-7-5-18(26)6-8-19/h2-9,12,15,20H,10-11,13-14H2,1H3,(H,28,31). The summed E-state index contributed by atoms with van der Waals surface area (Å²) < 4.78 is 20.4. The smallest absolute Gasteiger partial charge is 0.263 e. The number of hydrogen-bond donors (Lipinski definition) is 1. The fourth-order valence-electron chi connectivity index (χ4n) is 3.86. The van der Waals surface area contributed by atoms with E-state index in [2.05, 4.69) is 16.3 Å². The fraction of sp³-hybridized carbons (Fsp3) is 0.240. The molecule has 1 fully saturated rings. The highest BCUT2D eigenvalue weighted by molar-refractivity contribution is 6.05. The van der Waals surface area contributed by atoms with E-state index >= 15 is 0 Å². The minimum absolute atomic E-state index is 0.00419. The van der Waals surface area contributed by atoms with Crippen LogP contribution in [0.5, 0.6) is 5.75 Å². The number of aryl methyl sites for hydroxylation is 1. The maximum absolute atomic E-state index is 13.1. The van der Waals surface area contributed by atoms with Gasteiger partial charge in [-0.2, -0.15) is 5.26 Å². The molecule has 0 unspecified atom stereocenters. The van der Waals surface area contributed by atoms with Crippen molar-refractivity contribution in [3.63, 3.8) is 0 Å². The molecule has 2 aromatic carbocycles. The van der Waals surface area contributed by atoms with Crippen molar-refractivity contribution in [1.82, 2.24) is 4.57 Å². The molecular formula is C25H23FN4O3. The average molecular weight is 446 g/mol. The molecule has 1 amide bonds. The summed E-state index contributed by atoms with van der Waals surface area (Å²) in [5, 5.41) is 12.1. The molecule has 1 aromatic heterocycles. The van der Waals surface area contributed by atoms with Crippen LogP contribution in [0.15, 0.2) is 65.6 Å². The van der Waals surface area contributed by atoms with Crippen molar-refractivity contribution in [2.45, 2.75) is 18.9 Å². The van der Waals surface area contributed by atoms with E-state index in [-0.39, 0.29) is 17.5 Å². The van der Waals surface area contributed by atoms with Gasteiger partial charge >= 0.3 is 0 Å². The van der Waals surface area contributed by atoms with E-state index in [0.29, 0.717) is 30.1 Å². The van der Waals surface area contributed by atoms with E-state index in [1.807, 2.05) is 0 Å². The highest BCUT2D eigenvalue weighted by Crippen LogP contribution is 2.31. The molecule has 0 bridgehead atoms. The molecule has 168 valence electrons. The maximum Gasteiger partial charge on any atom is 0.263 e. The van der Waals surface area contributed by atoms with Crippen LogP contribution in [0, 0.1) is 17.1 Å². The van der Waals surface area contributed by atoms with E-state index in [1.165, 1.54) is 22.8 Å². The molecule has 33 heavy (non-hydrogen) atoms. The lowest BCUT2D eigenvalue weighted by Crippen LogP contribution is -2.38. The summed E-state index contributed by atoms with van der Waals surface area (Å²) in [5.41, 5.74) is 1.29. The van der Waals surface area contributed by atoms with Gasteiger partial charge in [-0.1, -0.05) is 0 Å². The van der Waals surface area contributed by atoms with Gasteiger partial charge in [0.2, 0.25) is 0 Å². The number of carbonyl (C=O) groups is 1. The second-order valence-electron chi connectivity index (χ2n) is 7.89. The zero-order valence-corrected chi connectivity index (χ0v) is 18.1. The fourth-order valence-corrected chi connectivity index (χ4v) is 3.86. The van der Waals surface area contributed by atoms with E-state index < -0.39 is 11.5 Å². The van der Waals surface area contributed by atoms with Crippen molar-refractivity contribution in [3.05, 3.63) is 88.1 Å². The Labute approximate surface area is 190 Å². The summed E-state index contributed by atoms with van der Waals surface area (Å²) in [6.45, 7) is 1.35. The predicted octanol–water partition coefficient (Wildman–Crippen LogP) is 3.70. The first-order chi connectivity index (χ1) is 15.9. The number of halogens is 1. The molecule has 1 saturated heterocycles. The number of ether oxygens (including phenoxy) is 1. The average Bonchev–Trinajstić information content (AvgIpc) is 2.83. The normalized spacial score (nSPS) is 13.9. The molecule has 7 nitrogen and oxygen atoms in total. The second kappa shape index (κ2) is 9.57. The van der Waals surface area contributed by atoms with Gasteiger partial charge < -0.3 is 19.5 Å². The zero-order chi connectivity index (χ0) is 23.4. The summed E-state index contributed by atoms with van der Waals surface area (Å²) in [6, 6.07) is 16.3. The number of hydrogen-bond acceptors (Lipinski definition) is 5. The number of rotatable bonds is 5. The Bertz CT molecular complexity index is 1260. The number of pyridine rings is 1. The molecule has 3 aromatic rings. The third-order valence-electron chi connectivity index (χ3n) is 5.64. The van der Waals surface area contributed by atoms with Crippen molar-refractivity contribution < 1.29 is 13.9 Å². The van der Waals surface area contributed by atoms with E-state index in [0.717, 1.165) is 18.5 Å². The van der Waals surface area contributed by atoms with Crippen molar-refractivity contribution >= 4 is 17.3 Å². The van der Waals surface area contributed by atoms with Gasteiger partial charge in [-0.25, -0.2) is 4.39 Å². The van der Waals surface area contributed by atoms with Crippen LogP contribution >= 0.6 is 0 Å². The zero-order valence-electron chi connectivity index (χ0n) is 18.1. The lowest BCUT2D eigenvalue weighted by Gasteiger charge is -2.34. The quantitative estimate of drug-likeness (QED) is 0.646. The molecule has 4 rings (SSSR count). The largest absolute Gasteiger partial charge is 0.490 e. The van der Waals surface area contributed by atoms with Gasteiger partial charge in [0.1, 0.15) is 23.2 Å². The van der Waals surface area contributed by atoms with Crippen molar-refractivity contribution in [3.8, 4) is 11.8 Å². The van der Waals surface area contributed by atoms with Crippen LogP contribution in [0.2, 0.25) is 0 Å². The highest BCUT2D eigenvalue weighted by atomic mass is 19.1. The number of aromatic nitrogens is 1. The molecule has 0 saturated carbocycles. The molecule has 2 heterocycles. The molecule has 8 heteroatoms. The van der Waals surface area contributed by atoms with E-state index in [4.69, 9.17) is 4.74 Å². The summed E-state index contributed by atoms with van der Waals surface area (Å²) in [4.78, 5) is 27.3. The van der Waals surface area contributed by atoms with Crippen molar-refractivity contribution in [1.29, 1.82) is 5.26 Å². The lowest BCUT2D eigenvalue weighted by atomic mass is 10.1. The third kappa shape index (κ3) is 5.04. The number of nitrogens with zero attached hydrogens (tertiary/aromatic N) is 3. The van der Waals surface area contributed by atoms with Crippen LogP contribution in [-0.4, -0.2) is 29.7 Å². The van der Waals surface area contributed by atoms with Crippen molar-refractivity contribution in [2.75, 3.05) is 23.3 Å².